The van der Waals surface area contributed by atoms with E-state index in [2.05, 4.69) is 40.7 Å². The van der Waals surface area contributed by atoms with Gasteiger partial charge in [-0.05, 0) is 43.7 Å². The molecule has 0 aromatic heterocycles. The fourth-order valence-corrected chi connectivity index (χ4v) is 4.35. The lowest BCUT2D eigenvalue weighted by Crippen LogP contribution is -2.42. The molecule has 1 aliphatic carbocycles. The first-order valence-electron chi connectivity index (χ1n) is 7.97. The van der Waals surface area contributed by atoms with E-state index in [0.29, 0.717) is 0 Å². The summed E-state index contributed by atoms with van der Waals surface area (Å²) >= 11 is 1.88. The van der Waals surface area contributed by atoms with Gasteiger partial charge in [0.2, 0.25) is 0 Å². The van der Waals surface area contributed by atoms with Crippen molar-refractivity contribution in [1.82, 2.24) is 10.2 Å². The van der Waals surface area contributed by atoms with Gasteiger partial charge in [-0.1, -0.05) is 31.0 Å². The van der Waals surface area contributed by atoms with Gasteiger partial charge >= 0.3 is 0 Å². The van der Waals surface area contributed by atoms with Crippen molar-refractivity contribution in [3.63, 3.8) is 0 Å². The molecule has 1 heterocycles. The van der Waals surface area contributed by atoms with E-state index in [4.69, 9.17) is 0 Å². The molecule has 0 radical (unpaired) electrons. The third-order valence-electron chi connectivity index (χ3n) is 4.84. The van der Waals surface area contributed by atoms with Crippen molar-refractivity contribution in [2.24, 2.45) is 0 Å². The van der Waals surface area contributed by atoms with E-state index >= 15 is 0 Å². The number of hydrogen-bond acceptors (Lipinski definition) is 3. The Balaban J connectivity index is 1.77. The molecule has 1 aromatic rings. The van der Waals surface area contributed by atoms with Crippen molar-refractivity contribution in [3.8, 4) is 0 Å². The van der Waals surface area contributed by atoms with Crippen molar-refractivity contribution in [3.05, 3.63) is 29.8 Å². The van der Waals surface area contributed by atoms with E-state index in [1.54, 1.807) is 0 Å². The molecule has 20 heavy (non-hydrogen) atoms. The van der Waals surface area contributed by atoms with Crippen LogP contribution >= 0.6 is 11.8 Å². The second-order valence-corrected chi connectivity index (χ2v) is 6.92. The zero-order valence-electron chi connectivity index (χ0n) is 12.5. The summed E-state index contributed by atoms with van der Waals surface area (Å²) in [7, 11) is 0. The molecular formula is C17H26N2S. The summed E-state index contributed by atoms with van der Waals surface area (Å²) in [5.74, 6) is 0. The average molecular weight is 290 g/mol. The van der Waals surface area contributed by atoms with Crippen LogP contribution in [0.1, 0.15) is 37.7 Å². The van der Waals surface area contributed by atoms with Crippen LogP contribution in [-0.2, 0) is 6.54 Å². The molecule has 1 aliphatic heterocycles. The zero-order chi connectivity index (χ0) is 13.8. The van der Waals surface area contributed by atoms with Crippen LogP contribution < -0.4 is 5.32 Å². The Morgan fingerprint density at radius 1 is 1.15 bits per heavy atom. The molecule has 3 heteroatoms. The van der Waals surface area contributed by atoms with Gasteiger partial charge in [-0.2, -0.15) is 0 Å². The minimum absolute atomic E-state index is 0.744. The van der Waals surface area contributed by atoms with Gasteiger partial charge in [0.05, 0.1) is 0 Å². The fourth-order valence-electron chi connectivity index (χ4n) is 3.75. The maximum Gasteiger partial charge on any atom is 0.0251 e. The van der Waals surface area contributed by atoms with Gasteiger partial charge < -0.3 is 5.32 Å². The van der Waals surface area contributed by atoms with Crippen LogP contribution in [0.3, 0.4) is 0 Å². The number of benzene rings is 1. The Kier molecular flexibility index (Phi) is 5.03. The van der Waals surface area contributed by atoms with Crippen molar-refractivity contribution < 1.29 is 0 Å². The Morgan fingerprint density at radius 2 is 1.95 bits per heavy atom. The SMILES string of the molecule is CSc1ccccc1CN(C1CCCC1)[C@H]1CCNC1. The van der Waals surface area contributed by atoms with E-state index in [-0.39, 0.29) is 0 Å². The van der Waals surface area contributed by atoms with Crippen LogP contribution in [0.4, 0.5) is 0 Å². The number of thioether (sulfide) groups is 1. The highest BCUT2D eigenvalue weighted by molar-refractivity contribution is 7.98. The molecule has 110 valence electrons. The van der Waals surface area contributed by atoms with Crippen LogP contribution in [0.25, 0.3) is 0 Å². The summed E-state index contributed by atoms with van der Waals surface area (Å²) in [5.41, 5.74) is 1.51. The lowest BCUT2D eigenvalue weighted by atomic mass is 10.1. The minimum atomic E-state index is 0.744. The van der Waals surface area contributed by atoms with E-state index in [0.717, 1.165) is 18.6 Å². The van der Waals surface area contributed by atoms with Gasteiger partial charge in [0.25, 0.3) is 0 Å². The molecule has 1 saturated carbocycles. The highest BCUT2D eigenvalue weighted by Gasteiger charge is 2.30. The Labute approximate surface area is 127 Å². The van der Waals surface area contributed by atoms with E-state index < -0.39 is 0 Å². The first-order valence-corrected chi connectivity index (χ1v) is 9.19. The minimum Gasteiger partial charge on any atom is -0.315 e. The highest BCUT2D eigenvalue weighted by atomic mass is 32.2. The van der Waals surface area contributed by atoms with Crippen molar-refractivity contribution >= 4 is 11.8 Å². The van der Waals surface area contributed by atoms with Crippen molar-refractivity contribution in [1.29, 1.82) is 0 Å². The molecule has 1 aromatic carbocycles. The molecular weight excluding hydrogens is 264 g/mol. The molecule has 1 N–H and O–H groups in total. The average Bonchev–Trinajstić information content (AvgIpc) is 3.18. The largest absolute Gasteiger partial charge is 0.315 e. The standard InChI is InChI=1S/C17H26N2S/c1-20-17-9-5-2-6-14(17)13-19(15-7-3-4-8-15)16-10-11-18-12-16/h2,5-6,9,15-16,18H,3-4,7-8,10-13H2,1H3/t16-/m0/s1. The normalized spacial score (nSPS) is 23.8. The molecule has 0 unspecified atom stereocenters. The molecule has 0 spiro atoms. The van der Waals surface area contributed by atoms with E-state index in [9.17, 15) is 0 Å². The van der Waals surface area contributed by atoms with Gasteiger partial charge in [-0.3, -0.25) is 4.90 Å². The number of rotatable bonds is 5. The van der Waals surface area contributed by atoms with Gasteiger partial charge in [0, 0.05) is 30.1 Å². The molecule has 2 fully saturated rings. The molecule has 3 rings (SSSR count). The van der Waals surface area contributed by atoms with Gasteiger partial charge in [-0.15, -0.1) is 11.8 Å². The number of nitrogens with zero attached hydrogens (tertiary/aromatic N) is 1. The number of hydrogen-bond donors (Lipinski definition) is 1. The summed E-state index contributed by atoms with van der Waals surface area (Å²) in [6.45, 7) is 3.50. The zero-order valence-corrected chi connectivity index (χ0v) is 13.3. The van der Waals surface area contributed by atoms with Crippen LogP contribution in [0, 0.1) is 0 Å². The van der Waals surface area contributed by atoms with Gasteiger partial charge in [0.15, 0.2) is 0 Å². The maximum absolute atomic E-state index is 3.54. The summed E-state index contributed by atoms with van der Waals surface area (Å²) in [6.07, 6.45) is 9.15. The molecule has 2 aliphatic rings. The molecule has 2 nitrogen and oxygen atoms in total. The van der Waals surface area contributed by atoms with Gasteiger partial charge in [-0.25, -0.2) is 0 Å². The first-order chi connectivity index (χ1) is 9.88. The Morgan fingerprint density at radius 3 is 2.65 bits per heavy atom. The summed E-state index contributed by atoms with van der Waals surface area (Å²) < 4.78 is 0. The van der Waals surface area contributed by atoms with Crippen LogP contribution in [0.15, 0.2) is 29.2 Å². The monoisotopic (exact) mass is 290 g/mol. The first kappa shape index (κ1) is 14.4. The summed E-state index contributed by atoms with van der Waals surface area (Å²) in [5, 5.41) is 3.54. The lowest BCUT2D eigenvalue weighted by molar-refractivity contribution is 0.134. The fraction of sp³-hybridized carbons (Fsp3) is 0.647. The molecule has 1 saturated heterocycles. The van der Waals surface area contributed by atoms with Gasteiger partial charge in [0.1, 0.15) is 0 Å². The second kappa shape index (κ2) is 6.97. The molecule has 0 bridgehead atoms. The summed E-state index contributed by atoms with van der Waals surface area (Å²) in [6, 6.07) is 10.5. The third kappa shape index (κ3) is 3.21. The van der Waals surface area contributed by atoms with E-state index in [1.807, 2.05) is 11.8 Å². The molecule has 1 atom stereocenters. The topological polar surface area (TPSA) is 15.3 Å². The highest BCUT2D eigenvalue weighted by Crippen LogP contribution is 2.30. The van der Waals surface area contributed by atoms with Crippen LogP contribution in [0.5, 0.6) is 0 Å². The maximum atomic E-state index is 3.54. The quantitative estimate of drug-likeness (QED) is 0.835. The van der Waals surface area contributed by atoms with Crippen molar-refractivity contribution in [2.45, 2.75) is 55.6 Å². The summed E-state index contributed by atoms with van der Waals surface area (Å²) in [4.78, 5) is 4.25. The predicted octanol–water partition coefficient (Wildman–Crippen LogP) is 3.52. The number of nitrogens with one attached hydrogen (secondary N) is 1. The van der Waals surface area contributed by atoms with Crippen LogP contribution in [0.2, 0.25) is 0 Å². The van der Waals surface area contributed by atoms with Crippen LogP contribution in [-0.4, -0.2) is 36.3 Å². The Hall–Kier alpha value is -0.510. The second-order valence-electron chi connectivity index (χ2n) is 6.07. The third-order valence-corrected chi connectivity index (χ3v) is 5.68. The Bertz CT molecular complexity index is 407. The smallest absolute Gasteiger partial charge is 0.0251 e. The molecule has 0 amide bonds. The van der Waals surface area contributed by atoms with E-state index in [1.165, 1.54) is 55.7 Å². The lowest BCUT2D eigenvalue weighted by Gasteiger charge is -2.34. The van der Waals surface area contributed by atoms with Crippen molar-refractivity contribution in [2.75, 3.05) is 19.3 Å². The predicted molar refractivity (Wildman–Crippen MR) is 87.3 cm³/mol.